The van der Waals surface area contributed by atoms with Crippen molar-refractivity contribution in [3.05, 3.63) is 0 Å². The van der Waals surface area contributed by atoms with Gasteiger partial charge in [-0.1, -0.05) is 39.0 Å². The molecule has 0 aromatic carbocycles. The van der Waals surface area contributed by atoms with E-state index in [2.05, 4.69) is 12.8 Å². The lowest BCUT2D eigenvalue weighted by Crippen LogP contribution is -2.33. The van der Waals surface area contributed by atoms with Gasteiger partial charge in [0.15, 0.2) is 0 Å². The van der Waals surface area contributed by atoms with Crippen molar-refractivity contribution in [1.29, 1.82) is 0 Å². The molecule has 1 saturated carbocycles. The molecular formula is C12H21N. The van der Waals surface area contributed by atoms with Gasteiger partial charge in [0.1, 0.15) is 0 Å². The summed E-state index contributed by atoms with van der Waals surface area (Å²) in [6, 6.07) is 0.216. The van der Waals surface area contributed by atoms with Gasteiger partial charge in [0.25, 0.3) is 0 Å². The van der Waals surface area contributed by atoms with Crippen LogP contribution in [0.1, 0.15) is 45.4 Å². The molecule has 0 aliphatic heterocycles. The van der Waals surface area contributed by atoms with Crippen LogP contribution < -0.4 is 5.73 Å². The molecule has 2 unspecified atom stereocenters. The second kappa shape index (κ2) is 5.29. The second-order valence-electron chi connectivity index (χ2n) is 4.33. The average Bonchev–Trinajstić information content (AvgIpc) is 2.18. The van der Waals surface area contributed by atoms with Crippen molar-refractivity contribution in [2.24, 2.45) is 17.6 Å². The number of hydrogen-bond donors (Lipinski definition) is 1. The van der Waals surface area contributed by atoms with Crippen LogP contribution in [0.4, 0.5) is 0 Å². The zero-order chi connectivity index (χ0) is 9.68. The van der Waals surface area contributed by atoms with Crippen molar-refractivity contribution in [3.63, 3.8) is 0 Å². The molecule has 74 valence electrons. The zero-order valence-electron chi connectivity index (χ0n) is 8.63. The summed E-state index contributed by atoms with van der Waals surface area (Å²) in [6.45, 7) is 2.26. The van der Waals surface area contributed by atoms with Crippen LogP contribution in [0.5, 0.6) is 0 Å². The van der Waals surface area contributed by atoms with Crippen molar-refractivity contribution in [2.45, 2.75) is 51.5 Å². The normalized spacial score (nSPS) is 23.5. The number of hydrogen-bond acceptors (Lipinski definition) is 1. The Balaban J connectivity index is 2.36. The van der Waals surface area contributed by atoms with E-state index < -0.39 is 0 Å². The van der Waals surface area contributed by atoms with Crippen LogP contribution in [0.2, 0.25) is 0 Å². The second-order valence-corrected chi connectivity index (χ2v) is 4.33. The Morgan fingerprint density at radius 2 is 2.00 bits per heavy atom. The van der Waals surface area contributed by atoms with Gasteiger partial charge in [0.2, 0.25) is 0 Å². The molecule has 0 bridgehead atoms. The molecule has 0 spiro atoms. The molecule has 2 atom stereocenters. The van der Waals surface area contributed by atoms with E-state index in [4.69, 9.17) is 12.2 Å². The van der Waals surface area contributed by atoms with E-state index >= 15 is 0 Å². The molecule has 0 aromatic rings. The highest BCUT2D eigenvalue weighted by Crippen LogP contribution is 2.31. The molecule has 1 rings (SSSR count). The first-order chi connectivity index (χ1) is 6.25. The van der Waals surface area contributed by atoms with Crippen molar-refractivity contribution >= 4 is 0 Å². The maximum Gasteiger partial charge on any atom is 0.0241 e. The Kier molecular flexibility index (Phi) is 4.32. The van der Waals surface area contributed by atoms with E-state index in [1.165, 1.54) is 32.1 Å². The summed E-state index contributed by atoms with van der Waals surface area (Å²) in [6.07, 6.45) is 12.9. The summed E-state index contributed by atoms with van der Waals surface area (Å²) in [4.78, 5) is 0. The van der Waals surface area contributed by atoms with Gasteiger partial charge in [0.05, 0.1) is 0 Å². The predicted molar refractivity (Wildman–Crippen MR) is 57.2 cm³/mol. The lowest BCUT2D eigenvalue weighted by Gasteiger charge is -2.30. The molecule has 0 radical (unpaired) electrons. The highest BCUT2D eigenvalue weighted by molar-refractivity contribution is 4.91. The molecule has 0 heterocycles. The van der Waals surface area contributed by atoms with Crippen LogP contribution >= 0.6 is 0 Å². The standard InChI is InChI=1S/C12H21N/c1-3-7-12(13)10(2)11-8-5-4-6-9-11/h1,10-12H,4-9,13H2,2H3. The van der Waals surface area contributed by atoms with Crippen molar-refractivity contribution < 1.29 is 0 Å². The van der Waals surface area contributed by atoms with Crippen LogP contribution in [0, 0.1) is 24.2 Å². The topological polar surface area (TPSA) is 26.0 Å². The van der Waals surface area contributed by atoms with Gasteiger partial charge >= 0.3 is 0 Å². The summed E-state index contributed by atoms with van der Waals surface area (Å²) >= 11 is 0. The molecule has 13 heavy (non-hydrogen) atoms. The minimum atomic E-state index is 0.216. The summed E-state index contributed by atoms with van der Waals surface area (Å²) in [5, 5.41) is 0. The van der Waals surface area contributed by atoms with Gasteiger partial charge in [-0.05, 0) is 11.8 Å². The Bertz CT molecular complexity index is 174. The zero-order valence-corrected chi connectivity index (χ0v) is 8.63. The molecule has 0 aromatic heterocycles. The summed E-state index contributed by atoms with van der Waals surface area (Å²) in [7, 11) is 0. The van der Waals surface area contributed by atoms with Gasteiger partial charge in [-0.15, -0.1) is 12.3 Å². The van der Waals surface area contributed by atoms with Crippen molar-refractivity contribution in [2.75, 3.05) is 0 Å². The minimum Gasteiger partial charge on any atom is -0.327 e. The van der Waals surface area contributed by atoms with Crippen LogP contribution in [-0.2, 0) is 0 Å². The molecule has 1 nitrogen and oxygen atoms in total. The maximum atomic E-state index is 6.02. The van der Waals surface area contributed by atoms with E-state index in [0.717, 1.165) is 12.3 Å². The highest BCUT2D eigenvalue weighted by atomic mass is 14.6. The maximum absolute atomic E-state index is 6.02. The van der Waals surface area contributed by atoms with Gasteiger partial charge in [-0.2, -0.15) is 0 Å². The quantitative estimate of drug-likeness (QED) is 0.662. The Hall–Kier alpha value is -0.480. The van der Waals surface area contributed by atoms with E-state index in [0.29, 0.717) is 5.92 Å². The fraction of sp³-hybridized carbons (Fsp3) is 0.833. The van der Waals surface area contributed by atoms with Crippen LogP contribution in [0.25, 0.3) is 0 Å². The van der Waals surface area contributed by atoms with Crippen LogP contribution in [-0.4, -0.2) is 6.04 Å². The summed E-state index contributed by atoms with van der Waals surface area (Å²) in [5.41, 5.74) is 6.02. The van der Waals surface area contributed by atoms with Gasteiger partial charge in [-0.25, -0.2) is 0 Å². The van der Waals surface area contributed by atoms with Gasteiger partial charge in [-0.3, -0.25) is 0 Å². The third-order valence-corrected chi connectivity index (χ3v) is 3.42. The largest absolute Gasteiger partial charge is 0.327 e. The van der Waals surface area contributed by atoms with Crippen molar-refractivity contribution in [3.8, 4) is 12.3 Å². The van der Waals surface area contributed by atoms with E-state index in [1.807, 2.05) is 0 Å². The number of rotatable bonds is 3. The van der Waals surface area contributed by atoms with Crippen LogP contribution in [0.3, 0.4) is 0 Å². The molecule has 1 aliphatic carbocycles. The predicted octanol–water partition coefficient (Wildman–Crippen LogP) is 2.55. The Labute approximate surface area is 82.1 Å². The molecular weight excluding hydrogens is 158 g/mol. The first kappa shape index (κ1) is 10.6. The third-order valence-electron chi connectivity index (χ3n) is 3.42. The van der Waals surface area contributed by atoms with E-state index in [9.17, 15) is 0 Å². The smallest absolute Gasteiger partial charge is 0.0241 e. The lowest BCUT2D eigenvalue weighted by molar-refractivity contribution is 0.233. The first-order valence-corrected chi connectivity index (χ1v) is 5.44. The monoisotopic (exact) mass is 179 g/mol. The Morgan fingerprint density at radius 3 is 2.54 bits per heavy atom. The van der Waals surface area contributed by atoms with Crippen LogP contribution in [0.15, 0.2) is 0 Å². The third kappa shape index (κ3) is 3.04. The first-order valence-electron chi connectivity index (χ1n) is 5.44. The fourth-order valence-electron chi connectivity index (χ4n) is 2.33. The molecule has 2 N–H and O–H groups in total. The Morgan fingerprint density at radius 1 is 1.38 bits per heavy atom. The minimum absolute atomic E-state index is 0.216. The highest BCUT2D eigenvalue weighted by Gasteiger charge is 2.23. The lowest BCUT2D eigenvalue weighted by atomic mass is 9.77. The van der Waals surface area contributed by atoms with E-state index in [1.54, 1.807) is 0 Å². The molecule has 0 amide bonds. The SMILES string of the molecule is C#CCC(N)C(C)C1CCCCC1. The molecule has 1 fully saturated rings. The van der Waals surface area contributed by atoms with Crippen molar-refractivity contribution in [1.82, 2.24) is 0 Å². The fourth-order valence-corrected chi connectivity index (χ4v) is 2.33. The van der Waals surface area contributed by atoms with Gasteiger partial charge < -0.3 is 5.73 Å². The molecule has 1 heteroatoms. The molecule has 1 aliphatic rings. The average molecular weight is 179 g/mol. The van der Waals surface area contributed by atoms with Gasteiger partial charge in [0, 0.05) is 12.5 Å². The molecule has 0 saturated heterocycles. The number of nitrogens with two attached hydrogens (primary N) is 1. The van der Waals surface area contributed by atoms with E-state index in [-0.39, 0.29) is 6.04 Å². The summed E-state index contributed by atoms with van der Waals surface area (Å²) < 4.78 is 0. The number of terminal acetylenes is 1. The summed E-state index contributed by atoms with van der Waals surface area (Å²) in [5.74, 6) is 4.10.